The van der Waals surface area contributed by atoms with Gasteiger partial charge in [-0.05, 0) is 25.8 Å². The molecule has 1 aromatic rings. The number of rotatable bonds is 3. The first kappa shape index (κ1) is 14.6. The van der Waals surface area contributed by atoms with E-state index in [-0.39, 0.29) is 9.92 Å². The van der Waals surface area contributed by atoms with Crippen molar-refractivity contribution in [3.8, 4) is 0 Å². The Kier molecular flexibility index (Phi) is 4.03. The molecule has 0 aromatic carbocycles. The average Bonchev–Trinajstić information content (AvgIpc) is 2.32. The molecule has 0 bridgehead atoms. The predicted octanol–water partition coefficient (Wildman–Crippen LogP) is 2.03. The maximum Gasteiger partial charge on any atom is 0.266 e. The van der Waals surface area contributed by atoms with Gasteiger partial charge in [0.2, 0.25) is 10.0 Å². The second kappa shape index (κ2) is 5.26. The van der Waals surface area contributed by atoms with E-state index < -0.39 is 21.1 Å². The lowest BCUT2D eigenvalue weighted by Gasteiger charge is -2.34. The van der Waals surface area contributed by atoms with E-state index in [9.17, 15) is 13.2 Å². The predicted molar refractivity (Wildman–Crippen MR) is 73.9 cm³/mol. The van der Waals surface area contributed by atoms with Gasteiger partial charge in [-0.15, -0.1) is 0 Å². The molecule has 0 atom stereocenters. The third-order valence-corrected chi connectivity index (χ3v) is 5.38. The van der Waals surface area contributed by atoms with Gasteiger partial charge < -0.3 is 4.98 Å². The molecule has 1 aliphatic rings. The fourth-order valence-electron chi connectivity index (χ4n) is 2.41. The van der Waals surface area contributed by atoms with Crippen molar-refractivity contribution < 1.29 is 8.42 Å². The quantitative estimate of drug-likeness (QED) is 0.896. The summed E-state index contributed by atoms with van der Waals surface area (Å²) in [5, 5.41) is -0.128. The Hall–Kier alpha value is -0.850. The van der Waals surface area contributed by atoms with Gasteiger partial charge in [0.25, 0.3) is 5.56 Å². The van der Waals surface area contributed by atoms with Crippen LogP contribution in [0.3, 0.4) is 0 Å². The summed E-state index contributed by atoms with van der Waals surface area (Å²) >= 11 is 5.66. The van der Waals surface area contributed by atoms with Crippen molar-refractivity contribution in [1.29, 1.82) is 0 Å². The summed E-state index contributed by atoms with van der Waals surface area (Å²) in [7, 11) is -3.66. The highest BCUT2D eigenvalue weighted by atomic mass is 35.5. The number of halogens is 1. The summed E-state index contributed by atoms with van der Waals surface area (Å²) in [6.45, 7) is 1.91. The zero-order valence-electron chi connectivity index (χ0n) is 10.7. The number of aromatic amines is 1. The van der Waals surface area contributed by atoms with Gasteiger partial charge in [0, 0.05) is 11.7 Å². The van der Waals surface area contributed by atoms with E-state index in [1.807, 2.05) is 6.92 Å². The minimum Gasteiger partial charge on any atom is -0.326 e. The number of hydrogen-bond donors (Lipinski definition) is 2. The first-order valence-electron chi connectivity index (χ1n) is 6.25. The Balaban J connectivity index is 2.27. The number of nitrogens with one attached hydrogen (secondary N) is 2. The number of pyridine rings is 1. The molecule has 2 rings (SSSR count). The lowest BCUT2D eigenvalue weighted by Crippen LogP contribution is -2.47. The molecule has 0 saturated heterocycles. The van der Waals surface area contributed by atoms with E-state index in [2.05, 4.69) is 9.71 Å². The standard InChI is InChI=1S/C12H17ClN2O3S/c1-12(5-3-2-4-6-12)15-19(17,18)9-7-10(13)11(16)14-8-9/h7-8,15H,2-6H2,1H3,(H,14,16). The first-order chi connectivity index (χ1) is 8.82. The molecule has 0 unspecified atom stereocenters. The van der Waals surface area contributed by atoms with Crippen molar-refractivity contribution in [2.75, 3.05) is 0 Å². The lowest BCUT2D eigenvalue weighted by atomic mass is 9.84. The Morgan fingerprint density at radius 3 is 2.53 bits per heavy atom. The average molecular weight is 305 g/mol. The van der Waals surface area contributed by atoms with Gasteiger partial charge in [0.1, 0.15) is 5.02 Å². The summed E-state index contributed by atoms with van der Waals surface area (Å²) in [6, 6.07) is 1.18. The Morgan fingerprint density at radius 1 is 1.32 bits per heavy atom. The zero-order valence-corrected chi connectivity index (χ0v) is 12.3. The number of sulfonamides is 1. The third kappa shape index (κ3) is 3.38. The van der Waals surface area contributed by atoms with Crippen LogP contribution in [0.1, 0.15) is 39.0 Å². The molecule has 1 heterocycles. The molecular formula is C12H17ClN2O3S. The molecule has 1 aliphatic carbocycles. The van der Waals surface area contributed by atoms with Crippen LogP contribution in [-0.4, -0.2) is 18.9 Å². The van der Waals surface area contributed by atoms with Crippen LogP contribution in [0, 0.1) is 0 Å². The Labute approximate surface area is 117 Å². The van der Waals surface area contributed by atoms with Crippen molar-refractivity contribution in [1.82, 2.24) is 9.71 Å². The second-order valence-electron chi connectivity index (χ2n) is 5.24. The Morgan fingerprint density at radius 2 is 1.95 bits per heavy atom. The topological polar surface area (TPSA) is 79.0 Å². The van der Waals surface area contributed by atoms with Crippen LogP contribution in [-0.2, 0) is 10.0 Å². The van der Waals surface area contributed by atoms with E-state index >= 15 is 0 Å². The minimum absolute atomic E-state index is 0.0103. The molecule has 106 valence electrons. The van der Waals surface area contributed by atoms with Gasteiger partial charge in [-0.3, -0.25) is 4.79 Å². The molecule has 1 aromatic heterocycles. The van der Waals surface area contributed by atoms with Crippen molar-refractivity contribution >= 4 is 21.6 Å². The molecule has 19 heavy (non-hydrogen) atoms. The maximum absolute atomic E-state index is 12.3. The SMILES string of the molecule is CC1(NS(=O)(=O)c2c[nH]c(=O)c(Cl)c2)CCCCC1. The first-order valence-corrected chi connectivity index (χ1v) is 8.11. The van der Waals surface area contributed by atoms with Crippen LogP contribution in [0.5, 0.6) is 0 Å². The molecule has 0 radical (unpaired) electrons. The molecular weight excluding hydrogens is 288 g/mol. The van der Waals surface area contributed by atoms with Gasteiger partial charge in [0.15, 0.2) is 0 Å². The smallest absolute Gasteiger partial charge is 0.266 e. The van der Waals surface area contributed by atoms with E-state index in [0.29, 0.717) is 0 Å². The van der Waals surface area contributed by atoms with Crippen LogP contribution >= 0.6 is 11.6 Å². The van der Waals surface area contributed by atoms with Gasteiger partial charge in [0.05, 0.1) is 4.90 Å². The fourth-order valence-corrected chi connectivity index (χ4v) is 4.10. The summed E-state index contributed by atoms with van der Waals surface area (Å²) in [6.07, 6.45) is 5.99. The third-order valence-electron chi connectivity index (χ3n) is 3.48. The maximum atomic E-state index is 12.3. The van der Waals surface area contributed by atoms with Crippen molar-refractivity contribution in [2.24, 2.45) is 0 Å². The van der Waals surface area contributed by atoms with Gasteiger partial charge in [-0.2, -0.15) is 0 Å². The number of hydrogen-bond acceptors (Lipinski definition) is 3. The van der Waals surface area contributed by atoms with E-state index in [1.165, 1.54) is 12.3 Å². The van der Waals surface area contributed by atoms with Crippen molar-refractivity contribution in [2.45, 2.75) is 49.5 Å². The van der Waals surface area contributed by atoms with Crippen LogP contribution in [0.2, 0.25) is 5.02 Å². The molecule has 7 heteroatoms. The van der Waals surface area contributed by atoms with Gasteiger partial charge in [-0.25, -0.2) is 13.1 Å². The minimum atomic E-state index is -3.66. The normalized spacial score (nSPS) is 19.3. The van der Waals surface area contributed by atoms with Crippen molar-refractivity contribution in [3.05, 3.63) is 27.6 Å². The summed E-state index contributed by atoms with van der Waals surface area (Å²) in [4.78, 5) is 13.5. The monoisotopic (exact) mass is 304 g/mol. The molecule has 0 amide bonds. The highest BCUT2D eigenvalue weighted by molar-refractivity contribution is 7.89. The number of H-pyrrole nitrogens is 1. The van der Waals surface area contributed by atoms with Crippen LogP contribution in [0.15, 0.2) is 22.0 Å². The van der Waals surface area contributed by atoms with Crippen LogP contribution < -0.4 is 10.3 Å². The number of aromatic nitrogens is 1. The summed E-state index contributed by atoms with van der Waals surface area (Å²) < 4.78 is 27.3. The lowest BCUT2D eigenvalue weighted by molar-refractivity contribution is 0.294. The second-order valence-corrected chi connectivity index (χ2v) is 7.33. The molecule has 2 N–H and O–H groups in total. The molecule has 0 aliphatic heterocycles. The fraction of sp³-hybridized carbons (Fsp3) is 0.583. The molecule has 0 spiro atoms. The zero-order chi connectivity index (χ0) is 14.1. The van der Waals surface area contributed by atoms with Crippen LogP contribution in [0.4, 0.5) is 0 Å². The molecule has 1 saturated carbocycles. The van der Waals surface area contributed by atoms with Gasteiger partial charge >= 0.3 is 0 Å². The molecule has 5 nitrogen and oxygen atoms in total. The largest absolute Gasteiger partial charge is 0.326 e. The summed E-state index contributed by atoms with van der Waals surface area (Å²) in [5.41, 5.74) is -0.913. The van der Waals surface area contributed by atoms with E-state index in [0.717, 1.165) is 32.1 Å². The van der Waals surface area contributed by atoms with Crippen LogP contribution in [0.25, 0.3) is 0 Å². The van der Waals surface area contributed by atoms with E-state index in [1.54, 1.807) is 0 Å². The Bertz CT molecular complexity index is 618. The van der Waals surface area contributed by atoms with Crippen molar-refractivity contribution in [3.63, 3.8) is 0 Å². The molecule has 1 fully saturated rings. The highest BCUT2D eigenvalue weighted by Gasteiger charge is 2.32. The summed E-state index contributed by atoms with van der Waals surface area (Å²) in [5.74, 6) is 0. The van der Waals surface area contributed by atoms with Gasteiger partial charge in [-0.1, -0.05) is 30.9 Å². The van der Waals surface area contributed by atoms with E-state index in [4.69, 9.17) is 11.6 Å². The highest BCUT2D eigenvalue weighted by Crippen LogP contribution is 2.29.